The SMILES string of the molecule is COc1cccc(C2(C)CC2C=O)c1. The molecule has 1 aromatic carbocycles. The van der Waals surface area contributed by atoms with Gasteiger partial charge in [-0.3, -0.25) is 0 Å². The van der Waals surface area contributed by atoms with E-state index in [1.807, 2.05) is 18.2 Å². The van der Waals surface area contributed by atoms with Gasteiger partial charge in [0.2, 0.25) is 0 Å². The summed E-state index contributed by atoms with van der Waals surface area (Å²) in [7, 11) is 1.66. The van der Waals surface area contributed by atoms with Crippen molar-refractivity contribution in [3.8, 4) is 5.75 Å². The number of ether oxygens (including phenoxy) is 1. The van der Waals surface area contributed by atoms with Gasteiger partial charge in [-0.1, -0.05) is 19.1 Å². The van der Waals surface area contributed by atoms with Crippen LogP contribution in [0.3, 0.4) is 0 Å². The standard InChI is InChI=1S/C12H14O2/c1-12(7-10(12)8-13)9-4-3-5-11(6-9)14-2/h3-6,8,10H,7H2,1-2H3. The molecule has 0 aliphatic heterocycles. The third-order valence-corrected chi connectivity index (χ3v) is 3.20. The van der Waals surface area contributed by atoms with Crippen LogP contribution in [0, 0.1) is 5.92 Å². The lowest BCUT2D eigenvalue weighted by Crippen LogP contribution is -2.05. The first-order chi connectivity index (χ1) is 6.70. The predicted molar refractivity (Wildman–Crippen MR) is 54.5 cm³/mol. The lowest BCUT2D eigenvalue weighted by atomic mass is 9.96. The fraction of sp³-hybridized carbons (Fsp3) is 0.417. The van der Waals surface area contributed by atoms with Crippen molar-refractivity contribution in [1.29, 1.82) is 0 Å². The number of methoxy groups -OCH3 is 1. The summed E-state index contributed by atoms with van der Waals surface area (Å²) in [4.78, 5) is 10.7. The first kappa shape index (κ1) is 9.25. The molecule has 0 heterocycles. The second kappa shape index (κ2) is 3.12. The van der Waals surface area contributed by atoms with E-state index in [9.17, 15) is 4.79 Å². The number of hydrogen-bond donors (Lipinski definition) is 0. The fourth-order valence-electron chi connectivity index (χ4n) is 1.91. The molecule has 14 heavy (non-hydrogen) atoms. The van der Waals surface area contributed by atoms with E-state index in [1.165, 1.54) is 5.56 Å². The van der Waals surface area contributed by atoms with Gasteiger partial charge < -0.3 is 9.53 Å². The second-order valence-electron chi connectivity index (χ2n) is 4.10. The summed E-state index contributed by atoms with van der Waals surface area (Å²) in [6.07, 6.45) is 2.02. The van der Waals surface area contributed by atoms with Gasteiger partial charge >= 0.3 is 0 Å². The third kappa shape index (κ3) is 1.31. The minimum absolute atomic E-state index is 0.0519. The molecule has 1 aliphatic carbocycles. The molecule has 1 aromatic rings. The number of rotatable bonds is 3. The smallest absolute Gasteiger partial charge is 0.123 e. The number of carbonyl (C=O) groups excluding carboxylic acids is 1. The Hall–Kier alpha value is -1.31. The van der Waals surface area contributed by atoms with E-state index in [1.54, 1.807) is 7.11 Å². The average molecular weight is 190 g/mol. The molecule has 0 spiro atoms. The Balaban J connectivity index is 2.29. The van der Waals surface area contributed by atoms with Crippen LogP contribution < -0.4 is 4.74 Å². The zero-order chi connectivity index (χ0) is 10.2. The number of benzene rings is 1. The summed E-state index contributed by atoms with van der Waals surface area (Å²) in [5.41, 5.74) is 1.25. The molecule has 0 aromatic heterocycles. The van der Waals surface area contributed by atoms with Gasteiger partial charge in [0.25, 0.3) is 0 Å². The molecule has 1 saturated carbocycles. The first-order valence-corrected chi connectivity index (χ1v) is 4.80. The molecule has 2 rings (SSSR count). The summed E-state index contributed by atoms with van der Waals surface area (Å²) in [6, 6.07) is 7.97. The Kier molecular flexibility index (Phi) is 2.06. The van der Waals surface area contributed by atoms with Crippen LogP contribution in [-0.2, 0) is 10.2 Å². The molecule has 0 N–H and O–H groups in total. The minimum Gasteiger partial charge on any atom is -0.497 e. The van der Waals surface area contributed by atoms with Gasteiger partial charge in [-0.15, -0.1) is 0 Å². The topological polar surface area (TPSA) is 26.3 Å². The van der Waals surface area contributed by atoms with Crippen molar-refractivity contribution < 1.29 is 9.53 Å². The van der Waals surface area contributed by atoms with Crippen LogP contribution in [-0.4, -0.2) is 13.4 Å². The Morgan fingerprint density at radius 1 is 1.57 bits per heavy atom. The van der Waals surface area contributed by atoms with Crippen molar-refractivity contribution in [2.45, 2.75) is 18.8 Å². The predicted octanol–water partition coefficient (Wildman–Crippen LogP) is 2.17. The number of hydrogen-bond acceptors (Lipinski definition) is 2. The van der Waals surface area contributed by atoms with Crippen molar-refractivity contribution in [2.24, 2.45) is 5.92 Å². The quantitative estimate of drug-likeness (QED) is 0.683. The van der Waals surface area contributed by atoms with Crippen molar-refractivity contribution >= 4 is 6.29 Å². The van der Waals surface area contributed by atoms with E-state index >= 15 is 0 Å². The molecule has 74 valence electrons. The van der Waals surface area contributed by atoms with Crippen molar-refractivity contribution in [2.75, 3.05) is 7.11 Å². The molecule has 0 amide bonds. The van der Waals surface area contributed by atoms with E-state index < -0.39 is 0 Å². The summed E-state index contributed by atoms with van der Waals surface area (Å²) in [6.45, 7) is 2.13. The zero-order valence-corrected chi connectivity index (χ0v) is 8.49. The Labute approximate surface area is 83.9 Å². The monoisotopic (exact) mass is 190 g/mol. The van der Waals surface area contributed by atoms with Crippen LogP contribution >= 0.6 is 0 Å². The minimum atomic E-state index is 0.0519. The van der Waals surface area contributed by atoms with Crippen molar-refractivity contribution in [3.63, 3.8) is 0 Å². The molecule has 1 aliphatic rings. The lowest BCUT2D eigenvalue weighted by molar-refractivity contribution is -0.109. The molecule has 2 heteroatoms. The summed E-state index contributed by atoms with van der Waals surface area (Å²) in [5.74, 6) is 1.05. The van der Waals surface area contributed by atoms with Gasteiger partial charge in [0.05, 0.1) is 7.11 Å². The molecule has 0 radical (unpaired) electrons. The summed E-state index contributed by atoms with van der Waals surface area (Å²) < 4.78 is 5.16. The van der Waals surface area contributed by atoms with Crippen LogP contribution in [0.4, 0.5) is 0 Å². The molecule has 2 atom stereocenters. The van der Waals surface area contributed by atoms with Gasteiger partial charge in [0, 0.05) is 11.3 Å². The highest BCUT2D eigenvalue weighted by Crippen LogP contribution is 2.53. The van der Waals surface area contributed by atoms with E-state index in [4.69, 9.17) is 4.74 Å². The van der Waals surface area contributed by atoms with Gasteiger partial charge in [0.1, 0.15) is 12.0 Å². The van der Waals surface area contributed by atoms with Gasteiger partial charge in [-0.25, -0.2) is 0 Å². The maximum atomic E-state index is 10.7. The van der Waals surface area contributed by atoms with Crippen LogP contribution in [0.15, 0.2) is 24.3 Å². The lowest BCUT2D eigenvalue weighted by Gasteiger charge is -2.10. The Morgan fingerprint density at radius 3 is 2.93 bits per heavy atom. The second-order valence-corrected chi connectivity index (χ2v) is 4.10. The highest BCUT2D eigenvalue weighted by Gasteiger charge is 2.51. The highest BCUT2D eigenvalue weighted by atomic mass is 16.5. The molecule has 1 fully saturated rings. The third-order valence-electron chi connectivity index (χ3n) is 3.20. The largest absolute Gasteiger partial charge is 0.497 e. The van der Waals surface area contributed by atoms with Crippen LogP contribution in [0.5, 0.6) is 5.75 Å². The van der Waals surface area contributed by atoms with Crippen LogP contribution in [0.2, 0.25) is 0 Å². The van der Waals surface area contributed by atoms with Gasteiger partial charge in [-0.2, -0.15) is 0 Å². The molecular formula is C12H14O2. The molecule has 0 saturated heterocycles. The molecular weight excluding hydrogens is 176 g/mol. The number of carbonyl (C=O) groups is 1. The maximum Gasteiger partial charge on any atom is 0.123 e. The van der Waals surface area contributed by atoms with E-state index in [-0.39, 0.29) is 11.3 Å². The zero-order valence-electron chi connectivity index (χ0n) is 8.49. The Morgan fingerprint density at radius 2 is 2.36 bits per heavy atom. The molecule has 2 nitrogen and oxygen atoms in total. The number of aldehydes is 1. The van der Waals surface area contributed by atoms with Gasteiger partial charge in [0.15, 0.2) is 0 Å². The van der Waals surface area contributed by atoms with Crippen LogP contribution in [0.1, 0.15) is 18.9 Å². The fourth-order valence-corrected chi connectivity index (χ4v) is 1.91. The first-order valence-electron chi connectivity index (χ1n) is 4.80. The highest BCUT2D eigenvalue weighted by molar-refractivity contribution is 5.64. The normalized spacial score (nSPS) is 29.7. The maximum absolute atomic E-state index is 10.7. The average Bonchev–Trinajstić information content (AvgIpc) is 2.92. The Bertz CT molecular complexity index is 359. The summed E-state index contributed by atoms with van der Waals surface area (Å²) in [5, 5.41) is 0. The summed E-state index contributed by atoms with van der Waals surface area (Å²) >= 11 is 0. The van der Waals surface area contributed by atoms with Crippen LogP contribution in [0.25, 0.3) is 0 Å². The van der Waals surface area contributed by atoms with Gasteiger partial charge in [-0.05, 0) is 24.1 Å². The molecule has 0 bridgehead atoms. The van der Waals surface area contributed by atoms with E-state index in [0.717, 1.165) is 18.5 Å². The van der Waals surface area contributed by atoms with E-state index in [2.05, 4.69) is 13.0 Å². The van der Waals surface area contributed by atoms with E-state index in [0.29, 0.717) is 0 Å². The van der Waals surface area contributed by atoms with Crippen molar-refractivity contribution in [3.05, 3.63) is 29.8 Å². The van der Waals surface area contributed by atoms with Crippen molar-refractivity contribution in [1.82, 2.24) is 0 Å². The molecule has 2 unspecified atom stereocenters.